The summed E-state index contributed by atoms with van der Waals surface area (Å²) < 4.78 is 0. The van der Waals surface area contributed by atoms with Crippen LogP contribution < -0.4 is 10.2 Å². The van der Waals surface area contributed by atoms with Crippen molar-refractivity contribution in [2.75, 3.05) is 11.4 Å². The van der Waals surface area contributed by atoms with E-state index in [4.69, 9.17) is 0 Å². The summed E-state index contributed by atoms with van der Waals surface area (Å²) in [4.78, 5) is 28.7. The highest BCUT2D eigenvalue weighted by Gasteiger charge is 2.33. The predicted molar refractivity (Wildman–Crippen MR) is 89.6 cm³/mol. The van der Waals surface area contributed by atoms with Crippen molar-refractivity contribution >= 4 is 17.3 Å². The van der Waals surface area contributed by atoms with Gasteiger partial charge in [0.1, 0.15) is 0 Å². The molecule has 0 radical (unpaired) electrons. The van der Waals surface area contributed by atoms with Crippen molar-refractivity contribution in [2.45, 2.75) is 25.4 Å². The zero-order chi connectivity index (χ0) is 17.1. The molecule has 0 saturated carbocycles. The first-order chi connectivity index (χ1) is 11.6. The molecule has 2 heterocycles. The monoisotopic (exact) mass is 326 g/mol. The van der Waals surface area contributed by atoms with E-state index in [-0.39, 0.29) is 23.7 Å². The van der Waals surface area contributed by atoms with Gasteiger partial charge in [0, 0.05) is 37.1 Å². The minimum Gasteiger partial charge on any atom is -0.311 e. The number of rotatable bonds is 5. The highest BCUT2D eigenvalue weighted by Crippen LogP contribution is 2.26. The highest BCUT2D eigenvalue weighted by molar-refractivity contribution is 5.99. The molecule has 2 atom stereocenters. The SMILES string of the molecule is C[C@H](N[C@H]1CCN(c2cccc([N+](=O)[O-])c2)C1=O)c1ccncc1. The second-order valence-electron chi connectivity index (χ2n) is 5.78. The number of hydrogen-bond acceptors (Lipinski definition) is 5. The van der Waals surface area contributed by atoms with E-state index in [0.29, 0.717) is 18.7 Å². The molecule has 7 nitrogen and oxygen atoms in total. The molecular weight excluding hydrogens is 308 g/mol. The van der Waals surface area contributed by atoms with Gasteiger partial charge < -0.3 is 4.90 Å². The van der Waals surface area contributed by atoms with Gasteiger partial charge in [-0.15, -0.1) is 0 Å². The highest BCUT2D eigenvalue weighted by atomic mass is 16.6. The molecule has 1 saturated heterocycles. The predicted octanol–water partition coefficient (Wildman–Crippen LogP) is 2.45. The second kappa shape index (κ2) is 6.76. The molecule has 0 bridgehead atoms. The topological polar surface area (TPSA) is 88.4 Å². The number of nitrogens with zero attached hydrogens (tertiary/aromatic N) is 3. The minimum atomic E-state index is -0.453. The lowest BCUT2D eigenvalue weighted by atomic mass is 10.1. The lowest BCUT2D eigenvalue weighted by Crippen LogP contribution is -2.39. The third kappa shape index (κ3) is 3.26. The lowest BCUT2D eigenvalue weighted by Gasteiger charge is -2.20. The van der Waals surface area contributed by atoms with Crippen LogP contribution in [0.4, 0.5) is 11.4 Å². The Labute approximate surface area is 139 Å². The number of nitrogens with one attached hydrogen (secondary N) is 1. The molecule has 1 aliphatic rings. The van der Waals surface area contributed by atoms with Gasteiger partial charge in [0.2, 0.25) is 5.91 Å². The molecule has 1 aliphatic heterocycles. The molecule has 7 heteroatoms. The Morgan fingerprint density at radius 2 is 2.08 bits per heavy atom. The van der Waals surface area contributed by atoms with Crippen molar-refractivity contribution in [1.82, 2.24) is 10.3 Å². The van der Waals surface area contributed by atoms with Crippen LogP contribution in [0.15, 0.2) is 48.8 Å². The van der Waals surface area contributed by atoms with Crippen LogP contribution in [-0.2, 0) is 4.79 Å². The van der Waals surface area contributed by atoms with Gasteiger partial charge in [-0.3, -0.25) is 25.2 Å². The molecule has 0 aliphatic carbocycles. The summed E-state index contributed by atoms with van der Waals surface area (Å²) in [5.74, 6) is -0.0589. The number of hydrogen-bond donors (Lipinski definition) is 1. The van der Waals surface area contributed by atoms with Crippen LogP contribution in [0.2, 0.25) is 0 Å². The van der Waals surface area contributed by atoms with Crippen LogP contribution in [0.1, 0.15) is 24.9 Å². The van der Waals surface area contributed by atoms with Crippen molar-refractivity contribution < 1.29 is 9.72 Å². The normalized spacial score (nSPS) is 18.6. The molecule has 2 aromatic rings. The number of benzene rings is 1. The van der Waals surface area contributed by atoms with E-state index in [2.05, 4.69) is 10.3 Å². The van der Waals surface area contributed by atoms with E-state index in [1.165, 1.54) is 12.1 Å². The number of aromatic nitrogens is 1. The zero-order valence-corrected chi connectivity index (χ0v) is 13.3. The second-order valence-corrected chi connectivity index (χ2v) is 5.78. The van der Waals surface area contributed by atoms with E-state index < -0.39 is 4.92 Å². The van der Waals surface area contributed by atoms with Gasteiger partial charge in [-0.05, 0) is 37.1 Å². The Morgan fingerprint density at radius 1 is 1.33 bits per heavy atom. The summed E-state index contributed by atoms with van der Waals surface area (Å²) in [5, 5.41) is 14.2. The fourth-order valence-electron chi connectivity index (χ4n) is 2.92. The average molecular weight is 326 g/mol. The Morgan fingerprint density at radius 3 is 2.79 bits per heavy atom. The maximum atomic E-state index is 12.6. The van der Waals surface area contributed by atoms with Crippen LogP contribution in [0.5, 0.6) is 0 Å². The standard InChI is InChI=1S/C17H18N4O3/c1-12(13-5-8-18-9-6-13)19-16-7-10-20(17(16)22)14-3-2-4-15(11-14)21(23)24/h2-6,8-9,11-12,16,19H,7,10H2,1H3/t12-,16-/m0/s1. The molecule has 1 aromatic carbocycles. The summed E-state index contributed by atoms with van der Waals surface area (Å²) in [6.45, 7) is 2.54. The number of amides is 1. The first-order valence-electron chi connectivity index (χ1n) is 7.78. The van der Waals surface area contributed by atoms with Crippen LogP contribution >= 0.6 is 0 Å². The van der Waals surface area contributed by atoms with Crippen LogP contribution in [-0.4, -0.2) is 28.4 Å². The van der Waals surface area contributed by atoms with Gasteiger partial charge in [0.25, 0.3) is 5.69 Å². The number of pyridine rings is 1. The van der Waals surface area contributed by atoms with Crippen LogP contribution in [0, 0.1) is 10.1 Å². The van der Waals surface area contributed by atoms with E-state index in [9.17, 15) is 14.9 Å². The maximum absolute atomic E-state index is 12.6. The largest absolute Gasteiger partial charge is 0.311 e. The smallest absolute Gasteiger partial charge is 0.271 e. The van der Waals surface area contributed by atoms with Crippen LogP contribution in [0.3, 0.4) is 0 Å². The third-order valence-corrected chi connectivity index (χ3v) is 4.22. The summed E-state index contributed by atoms with van der Waals surface area (Å²) >= 11 is 0. The molecule has 124 valence electrons. The zero-order valence-electron chi connectivity index (χ0n) is 13.3. The molecule has 3 rings (SSSR count). The summed E-state index contributed by atoms with van der Waals surface area (Å²) in [7, 11) is 0. The van der Waals surface area contributed by atoms with Gasteiger partial charge in [-0.25, -0.2) is 0 Å². The quantitative estimate of drug-likeness (QED) is 0.673. The Hall–Kier alpha value is -2.80. The van der Waals surface area contributed by atoms with E-state index in [0.717, 1.165) is 5.56 Å². The van der Waals surface area contributed by atoms with Gasteiger partial charge >= 0.3 is 0 Å². The first-order valence-corrected chi connectivity index (χ1v) is 7.78. The minimum absolute atomic E-state index is 0.0122. The number of carbonyl (C=O) groups is 1. The molecule has 1 amide bonds. The van der Waals surface area contributed by atoms with Crippen molar-refractivity contribution in [3.63, 3.8) is 0 Å². The maximum Gasteiger partial charge on any atom is 0.271 e. The van der Waals surface area contributed by atoms with Gasteiger partial charge in [0.05, 0.1) is 16.7 Å². The number of nitro groups is 1. The van der Waals surface area contributed by atoms with Crippen molar-refractivity contribution in [3.05, 3.63) is 64.5 Å². The number of carbonyl (C=O) groups excluding carboxylic acids is 1. The van der Waals surface area contributed by atoms with Crippen molar-refractivity contribution in [3.8, 4) is 0 Å². The van der Waals surface area contributed by atoms with E-state index in [1.54, 1.807) is 29.4 Å². The van der Waals surface area contributed by atoms with Gasteiger partial charge in [0.15, 0.2) is 0 Å². The lowest BCUT2D eigenvalue weighted by molar-refractivity contribution is -0.384. The Kier molecular flexibility index (Phi) is 4.52. The van der Waals surface area contributed by atoms with Gasteiger partial charge in [-0.1, -0.05) is 6.07 Å². The number of nitro benzene ring substituents is 1. The third-order valence-electron chi connectivity index (χ3n) is 4.22. The number of non-ortho nitro benzene ring substituents is 1. The molecule has 24 heavy (non-hydrogen) atoms. The summed E-state index contributed by atoms with van der Waals surface area (Å²) in [5.41, 5.74) is 1.61. The fraction of sp³-hybridized carbons (Fsp3) is 0.294. The van der Waals surface area contributed by atoms with E-state index >= 15 is 0 Å². The molecule has 0 unspecified atom stereocenters. The molecule has 1 aromatic heterocycles. The van der Waals surface area contributed by atoms with Crippen molar-refractivity contribution in [2.24, 2.45) is 0 Å². The fourth-order valence-corrected chi connectivity index (χ4v) is 2.92. The Bertz CT molecular complexity index is 751. The average Bonchev–Trinajstić information content (AvgIpc) is 2.96. The summed E-state index contributed by atoms with van der Waals surface area (Å²) in [6.07, 6.45) is 4.11. The van der Waals surface area contributed by atoms with Crippen molar-refractivity contribution in [1.29, 1.82) is 0 Å². The summed E-state index contributed by atoms with van der Waals surface area (Å²) in [6, 6.07) is 9.73. The molecule has 1 N–H and O–H groups in total. The van der Waals surface area contributed by atoms with Crippen LogP contribution in [0.25, 0.3) is 0 Å². The Balaban J connectivity index is 1.71. The van der Waals surface area contributed by atoms with Gasteiger partial charge in [-0.2, -0.15) is 0 Å². The molecular formula is C17H18N4O3. The molecule has 1 fully saturated rings. The first kappa shape index (κ1) is 16.1. The number of anilines is 1. The van der Waals surface area contributed by atoms with E-state index in [1.807, 2.05) is 19.1 Å². The molecule has 0 spiro atoms.